The number of hydrogen-bond donors (Lipinski definition) is 1. The molecular formula is C20H21BrN2O4. The van der Waals surface area contributed by atoms with Crippen LogP contribution in [-0.2, 0) is 4.79 Å². The fraction of sp³-hybridized carbons (Fsp3) is 0.250. The fourth-order valence-electron chi connectivity index (χ4n) is 1.93. The molecule has 0 aromatic heterocycles. The largest absolute Gasteiger partial charge is 0.497 e. The highest BCUT2D eigenvalue weighted by Gasteiger charge is 2.24. The molecule has 0 saturated carbocycles. The monoisotopic (exact) mass is 432 g/mol. The first-order chi connectivity index (χ1) is 12.7. The van der Waals surface area contributed by atoms with E-state index < -0.39 is 5.41 Å². The van der Waals surface area contributed by atoms with Gasteiger partial charge in [0.05, 0.1) is 18.7 Å². The number of hydrazone groups is 1. The van der Waals surface area contributed by atoms with E-state index in [2.05, 4.69) is 26.5 Å². The lowest BCUT2D eigenvalue weighted by molar-refractivity contribution is -0.143. The first-order valence-electron chi connectivity index (χ1n) is 8.20. The highest BCUT2D eigenvalue weighted by molar-refractivity contribution is 9.10. The standard InChI is InChI=1S/C20H21BrN2O4/c1-20(2,3)19(25)27-17-10-7-15(21)11-14(17)12-22-23-18(24)13-5-8-16(26-4)9-6-13/h5-12H,1-4H3,(H,23,24). The van der Waals surface area contributed by atoms with Crippen molar-refractivity contribution in [3.8, 4) is 11.5 Å². The molecule has 0 aliphatic carbocycles. The predicted molar refractivity (Wildman–Crippen MR) is 107 cm³/mol. The molecule has 0 fully saturated rings. The second-order valence-electron chi connectivity index (χ2n) is 6.75. The molecule has 0 aliphatic rings. The first-order valence-corrected chi connectivity index (χ1v) is 8.99. The minimum Gasteiger partial charge on any atom is -0.497 e. The summed E-state index contributed by atoms with van der Waals surface area (Å²) in [5.41, 5.74) is 2.81. The van der Waals surface area contributed by atoms with E-state index in [1.165, 1.54) is 6.21 Å². The summed E-state index contributed by atoms with van der Waals surface area (Å²) in [4.78, 5) is 24.3. The van der Waals surface area contributed by atoms with Gasteiger partial charge in [0.15, 0.2) is 0 Å². The minimum atomic E-state index is -0.635. The van der Waals surface area contributed by atoms with Crippen LogP contribution in [-0.4, -0.2) is 25.2 Å². The number of benzene rings is 2. The average Bonchev–Trinajstić information content (AvgIpc) is 2.63. The van der Waals surface area contributed by atoms with Crippen LogP contribution in [0.4, 0.5) is 0 Å². The molecule has 1 amide bonds. The summed E-state index contributed by atoms with van der Waals surface area (Å²) in [6, 6.07) is 11.8. The van der Waals surface area contributed by atoms with Crippen molar-refractivity contribution in [3.63, 3.8) is 0 Å². The van der Waals surface area contributed by atoms with Gasteiger partial charge in [-0.05, 0) is 63.2 Å². The lowest BCUT2D eigenvalue weighted by Crippen LogP contribution is -2.26. The van der Waals surface area contributed by atoms with Crippen molar-refractivity contribution in [2.24, 2.45) is 10.5 Å². The predicted octanol–water partition coefficient (Wildman–Crippen LogP) is 4.17. The van der Waals surface area contributed by atoms with Gasteiger partial charge >= 0.3 is 5.97 Å². The number of nitrogens with one attached hydrogen (secondary N) is 1. The molecule has 0 atom stereocenters. The average molecular weight is 433 g/mol. The number of hydrogen-bond acceptors (Lipinski definition) is 5. The second kappa shape index (κ2) is 8.81. The summed E-state index contributed by atoms with van der Waals surface area (Å²) in [6.07, 6.45) is 1.43. The molecule has 0 spiro atoms. The molecule has 6 nitrogen and oxygen atoms in total. The molecule has 7 heteroatoms. The fourth-order valence-corrected chi connectivity index (χ4v) is 2.31. The Morgan fingerprint density at radius 2 is 1.78 bits per heavy atom. The number of methoxy groups -OCH3 is 1. The molecule has 0 unspecified atom stereocenters. The van der Waals surface area contributed by atoms with Gasteiger partial charge in [0, 0.05) is 15.6 Å². The molecule has 0 radical (unpaired) electrons. The Labute approximate surface area is 166 Å². The van der Waals surface area contributed by atoms with Crippen LogP contribution >= 0.6 is 15.9 Å². The molecule has 0 heterocycles. The Hall–Kier alpha value is -2.67. The van der Waals surface area contributed by atoms with Gasteiger partial charge < -0.3 is 9.47 Å². The summed E-state index contributed by atoms with van der Waals surface area (Å²) in [7, 11) is 1.56. The van der Waals surface area contributed by atoms with Crippen molar-refractivity contribution in [1.82, 2.24) is 5.43 Å². The summed E-state index contributed by atoms with van der Waals surface area (Å²) in [6.45, 7) is 5.32. The quantitative estimate of drug-likeness (QED) is 0.332. The van der Waals surface area contributed by atoms with E-state index in [4.69, 9.17) is 9.47 Å². The third-order valence-electron chi connectivity index (χ3n) is 3.51. The molecule has 1 N–H and O–H groups in total. The number of carbonyl (C=O) groups is 2. The van der Waals surface area contributed by atoms with Gasteiger partial charge in [-0.25, -0.2) is 5.43 Å². The number of nitrogens with zero attached hydrogens (tertiary/aromatic N) is 1. The molecule has 27 heavy (non-hydrogen) atoms. The Balaban J connectivity index is 2.12. The van der Waals surface area contributed by atoms with Crippen molar-refractivity contribution in [2.45, 2.75) is 20.8 Å². The van der Waals surface area contributed by atoms with Gasteiger partial charge in [-0.3, -0.25) is 9.59 Å². The molecule has 0 aliphatic heterocycles. The zero-order valence-corrected chi connectivity index (χ0v) is 17.2. The lowest BCUT2D eigenvalue weighted by Gasteiger charge is -2.17. The van der Waals surface area contributed by atoms with Crippen LogP contribution in [0.2, 0.25) is 0 Å². The minimum absolute atomic E-state index is 0.359. The van der Waals surface area contributed by atoms with Gasteiger partial charge in [-0.1, -0.05) is 15.9 Å². The van der Waals surface area contributed by atoms with Crippen LogP contribution < -0.4 is 14.9 Å². The molecule has 2 aromatic rings. The molecule has 0 saturated heterocycles. The Morgan fingerprint density at radius 1 is 1.11 bits per heavy atom. The number of carbonyl (C=O) groups excluding carboxylic acids is 2. The van der Waals surface area contributed by atoms with E-state index in [0.717, 1.165) is 4.47 Å². The Kier molecular flexibility index (Phi) is 6.74. The van der Waals surface area contributed by atoms with Gasteiger partial charge in [0.25, 0.3) is 5.91 Å². The summed E-state index contributed by atoms with van der Waals surface area (Å²) in [5, 5.41) is 3.96. The molecule has 2 rings (SSSR count). The third kappa shape index (κ3) is 5.92. The van der Waals surface area contributed by atoms with E-state index in [1.54, 1.807) is 70.3 Å². The SMILES string of the molecule is COc1ccc(C(=O)NN=Cc2cc(Br)ccc2OC(=O)C(C)(C)C)cc1. The molecular weight excluding hydrogens is 412 g/mol. The maximum atomic E-state index is 12.1. The van der Waals surface area contributed by atoms with Gasteiger partial charge in [-0.15, -0.1) is 0 Å². The number of ether oxygens (including phenoxy) is 2. The second-order valence-corrected chi connectivity index (χ2v) is 7.66. The van der Waals surface area contributed by atoms with Crippen molar-refractivity contribution in [2.75, 3.05) is 7.11 Å². The molecule has 142 valence electrons. The highest BCUT2D eigenvalue weighted by atomic mass is 79.9. The summed E-state index contributed by atoms with van der Waals surface area (Å²) < 4.78 is 11.3. The Bertz CT molecular complexity index is 855. The zero-order valence-electron chi connectivity index (χ0n) is 15.6. The van der Waals surface area contributed by atoms with Crippen LogP contribution in [0.15, 0.2) is 52.0 Å². The maximum absolute atomic E-state index is 12.1. The normalized spacial score (nSPS) is 11.3. The molecule has 2 aromatic carbocycles. The maximum Gasteiger partial charge on any atom is 0.316 e. The van der Waals surface area contributed by atoms with Crippen LogP contribution in [0.1, 0.15) is 36.7 Å². The third-order valence-corrected chi connectivity index (χ3v) is 4.00. The topological polar surface area (TPSA) is 77.0 Å². The van der Waals surface area contributed by atoms with E-state index in [9.17, 15) is 9.59 Å². The number of amides is 1. The lowest BCUT2D eigenvalue weighted by atomic mass is 9.97. The van der Waals surface area contributed by atoms with E-state index >= 15 is 0 Å². The van der Waals surface area contributed by atoms with E-state index in [0.29, 0.717) is 22.6 Å². The van der Waals surface area contributed by atoms with Crippen molar-refractivity contribution in [3.05, 3.63) is 58.1 Å². The van der Waals surface area contributed by atoms with Crippen molar-refractivity contribution in [1.29, 1.82) is 0 Å². The molecule has 0 bridgehead atoms. The Morgan fingerprint density at radius 3 is 2.37 bits per heavy atom. The van der Waals surface area contributed by atoms with Crippen LogP contribution in [0, 0.1) is 5.41 Å². The van der Waals surface area contributed by atoms with Crippen molar-refractivity contribution < 1.29 is 19.1 Å². The van der Waals surface area contributed by atoms with E-state index in [-0.39, 0.29) is 11.9 Å². The summed E-state index contributed by atoms with van der Waals surface area (Å²) in [5.74, 6) is 0.300. The van der Waals surface area contributed by atoms with Gasteiger partial charge in [-0.2, -0.15) is 5.10 Å². The number of esters is 1. The smallest absolute Gasteiger partial charge is 0.316 e. The number of rotatable bonds is 5. The first kappa shape index (κ1) is 20.6. The highest BCUT2D eigenvalue weighted by Crippen LogP contribution is 2.25. The number of halogens is 1. The zero-order chi connectivity index (χ0) is 20.0. The van der Waals surface area contributed by atoms with Crippen molar-refractivity contribution >= 4 is 34.0 Å². The van der Waals surface area contributed by atoms with Crippen LogP contribution in [0.25, 0.3) is 0 Å². The van der Waals surface area contributed by atoms with Gasteiger partial charge in [0.1, 0.15) is 11.5 Å². The van der Waals surface area contributed by atoms with Gasteiger partial charge in [0.2, 0.25) is 0 Å². The summed E-state index contributed by atoms with van der Waals surface area (Å²) >= 11 is 3.37. The van der Waals surface area contributed by atoms with Crippen LogP contribution in [0.5, 0.6) is 11.5 Å². The van der Waals surface area contributed by atoms with E-state index in [1.807, 2.05) is 0 Å². The van der Waals surface area contributed by atoms with Crippen LogP contribution in [0.3, 0.4) is 0 Å².